The zero-order valence-electron chi connectivity index (χ0n) is 12.9. The standard InChI is InChI=1S/C19H16ClN3O/c20-16-7-9-17(10-8-16)23-19(24)22-13-15-4-1-2-6-18(15)14-5-3-11-21-12-14/h1-12H,13H2,(H2,22,23,24). The van der Waals surface area contributed by atoms with E-state index in [0.717, 1.165) is 16.7 Å². The van der Waals surface area contributed by atoms with Crippen molar-refractivity contribution in [2.45, 2.75) is 6.54 Å². The second-order valence-electron chi connectivity index (χ2n) is 5.21. The molecule has 0 aliphatic rings. The molecule has 1 heterocycles. The van der Waals surface area contributed by atoms with Crippen LogP contribution in [-0.4, -0.2) is 11.0 Å². The minimum absolute atomic E-state index is 0.265. The lowest BCUT2D eigenvalue weighted by Gasteiger charge is -2.11. The molecule has 0 atom stereocenters. The van der Waals surface area contributed by atoms with Gasteiger partial charge in [0, 0.05) is 35.2 Å². The highest BCUT2D eigenvalue weighted by atomic mass is 35.5. The summed E-state index contributed by atoms with van der Waals surface area (Å²) in [6.45, 7) is 0.421. The summed E-state index contributed by atoms with van der Waals surface area (Å²) in [4.78, 5) is 16.2. The highest BCUT2D eigenvalue weighted by Gasteiger charge is 2.07. The van der Waals surface area contributed by atoms with E-state index in [2.05, 4.69) is 15.6 Å². The summed E-state index contributed by atoms with van der Waals surface area (Å²) in [5.41, 5.74) is 3.79. The number of amides is 2. The normalized spacial score (nSPS) is 10.2. The van der Waals surface area contributed by atoms with Crippen LogP contribution in [0, 0.1) is 0 Å². The first kappa shape index (κ1) is 16.0. The summed E-state index contributed by atoms with van der Waals surface area (Å²) in [7, 11) is 0. The summed E-state index contributed by atoms with van der Waals surface area (Å²) in [5.74, 6) is 0. The number of benzene rings is 2. The molecule has 0 spiro atoms. The van der Waals surface area contributed by atoms with E-state index in [4.69, 9.17) is 11.6 Å². The van der Waals surface area contributed by atoms with Gasteiger partial charge < -0.3 is 10.6 Å². The lowest BCUT2D eigenvalue weighted by atomic mass is 10.0. The molecule has 4 nitrogen and oxygen atoms in total. The largest absolute Gasteiger partial charge is 0.334 e. The van der Waals surface area contributed by atoms with Gasteiger partial charge in [-0.05, 0) is 41.5 Å². The van der Waals surface area contributed by atoms with Crippen LogP contribution in [0.5, 0.6) is 0 Å². The fourth-order valence-electron chi connectivity index (χ4n) is 2.36. The molecule has 3 rings (SSSR count). The Morgan fingerprint density at radius 2 is 1.79 bits per heavy atom. The summed E-state index contributed by atoms with van der Waals surface area (Å²) in [5, 5.41) is 6.28. The predicted molar refractivity (Wildman–Crippen MR) is 97.0 cm³/mol. The quantitative estimate of drug-likeness (QED) is 0.723. The Balaban J connectivity index is 1.66. The van der Waals surface area contributed by atoms with Crippen molar-refractivity contribution >= 4 is 23.3 Å². The van der Waals surface area contributed by atoms with Crippen LogP contribution in [0.25, 0.3) is 11.1 Å². The first-order chi connectivity index (χ1) is 11.7. The lowest BCUT2D eigenvalue weighted by molar-refractivity contribution is 0.252. The van der Waals surface area contributed by atoms with Gasteiger partial charge in [0.1, 0.15) is 0 Å². The Bertz CT molecular complexity index is 820. The van der Waals surface area contributed by atoms with Gasteiger partial charge in [0.05, 0.1) is 0 Å². The molecule has 0 radical (unpaired) electrons. The summed E-state index contributed by atoms with van der Waals surface area (Å²) < 4.78 is 0. The molecule has 5 heteroatoms. The second-order valence-corrected chi connectivity index (χ2v) is 5.65. The monoisotopic (exact) mass is 337 g/mol. The highest BCUT2D eigenvalue weighted by Crippen LogP contribution is 2.22. The molecule has 120 valence electrons. The topological polar surface area (TPSA) is 54.0 Å². The van der Waals surface area contributed by atoms with Crippen molar-refractivity contribution in [3.8, 4) is 11.1 Å². The zero-order chi connectivity index (χ0) is 16.8. The molecule has 2 N–H and O–H groups in total. The molecule has 3 aromatic rings. The van der Waals surface area contributed by atoms with Gasteiger partial charge in [-0.15, -0.1) is 0 Å². The number of nitrogens with one attached hydrogen (secondary N) is 2. The van der Waals surface area contributed by atoms with E-state index >= 15 is 0 Å². The summed E-state index contributed by atoms with van der Waals surface area (Å²) in [6, 6.07) is 18.5. The molecule has 1 aromatic heterocycles. The molecular weight excluding hydrogens is 322 g/mol. The average molecular weight is 338 g/mol. The van der Waals surface area contributed by atoms with Crippen molar-refractivity contribution in [3.63, 3.8) is 0 Å². The molecule has 0 aliphatic carbocycles. The lowest BCUT2D eigenvalue weighted by Crippen LogP contribution is -2.28. The van der Waals surface area contributed by atoms with Crippen LogP contribution in [0.2, 0.25) is 5.02 Å². The molecule has 0 aliphatic heterocycles. The van der Waals surface area contributed by atoms with Gasteiger partial charge in [0.15, 0.2) is 0 Å². The predicted octanol–water partition coefficient (Wildman–Crippen LogP) is 4.72. The molecule has 0 saturated carbocycles. The zero-order valence-corrected chi connectivity index (χ0v) is 13.6. The minimum atomic E-state index is -0.265. The fourth-order valence-corrected chi connectivity index (χ4v) is 2.49. The number of anilines is 1. The van der Waals surface area contributed by atoms with Crippen molar-refractivity contribution < 1.29 is 4.79 Å². The van der Waals surface area contributed by atoms with Crippen LogP contribution in [0.15, 0.2) is 73.1 Å². The minimum Gasteiger partial charge on any atom is -0.334 e. The third kappa shape index (κ3) is 4.12. The van der Waals surface area contributed by atoms with Crippen molar-refractivity contribution in [1.29, 1.82) is 0 Å². The summed E-state index contributed by atoms with van der Waals surface area (Å²) >= 11 is 5.83. The maximum Gasteiger partial charge on any atom is 0.319 e. The molecule has 0 unspecified atom stereocenters. The van der Waals surface area contributed by atoms with Crippen LogP contribution >= 0.6 is 11.6 Å². The number of carbonyl (C=O) groups is 1. The maximum absolute atomic E-state index is 12.1. The molecular formula is C19H16ClN3O. The SMILES string of the molecule is O=C(NCc1ccccc1-c1cccnc1)Nc1ccc(Cl)cc1. The van der Waals surface area contributed by atoms with E-state index in [1.165, 1.54) is 0 Å². The smallest absolute Gasteiger partial charge is 0.319 e. The molecule has 0 fully saturated rings. The van der Waals surface area contributed by atoms with Gasteiger partial charge in [-0.3, -0.25) is 4.98 Å². The molecule has 2 amide bonds. The molecule has 24 heavy (non-hydrogen) atoms. The maximum atomic E-state index is 12.1. The summed E-state index contributed by atoms with van der Waals surface area (Å²) in [6.07, 6.45) is 3.55. The Kier molecular flexibility index (Phi) is 5.08. The van der Waals surface area contributed by atoms with Crippen LogP contribution < -0.4 is 10.6 Å². The molecule has 0 saturated heterocycles. The third-order valence-corrected chi connectivity index (χ3v) is 3.78. The van der Waals surface area contributed by atoms with Gasteiger partial charge in [0.25, 0.3) is 0 Å². The third-order valence-electron chi connectivity index (χ3n) is 3.53. The van der Waals surface area contributed by atoms with E-state index in [9.17, 15) is 4.79 Å². The Morgan fingerprint density at radius 1 is 1.00 bits per heavy atom. The van der Waals surface area contributed by atoms with E-state index in [0.29, 0.717) is 17.3 Å². The van der Waals surface area contributed by atoms with Crippen molar-refractivity contribution in [3.05, 3.63) is 83.6 Å². The number of hydrogen-bond donors (Lipinski definition) is 2. The Hall–Kier alpha value is -2.85. The van der Waals surface area contributed by atoms with Crippen LogP contribution in [0.3, 0.4) is 0 Å². The van der Waals surface area contributed by atoms with Crippen molar-refractivity contribution in [1.82, 2.24) is 10.3 Å². The van der Waals surface area contributed by atoms with Gasteiger partial charge in [-0.2, -0.15) is 0 Å². The number of aromatic nitrogens is 1. The fraction of sp³-hybridized carbons (Fsp3) is 0.0526. The van der Waals surface area contributed by atoms with Crippen molar-refractivity contribution in [2.75, 3.05) is 5.32 Å². The number of nitrogens with zero attached hydrogens (tertiary/aromatic N) is 1. The van der Waals surface area contributed by atoms with Crippen molar-refractivity contribution in [2.24, 2.45) is 0 Å². The van der Waals surface area contributed by atoms with E-state index < -0.39 is 0 Å². The number of urea groups is 1. The molecule has 2 aromatic carbocycles. The number of halogens is 1. The molecule has 0 bridgehead atoms. The van der Waals surface area contributed by atoms with Gasteiger partial charge in [-0.25, -0.2) is 4.79 Å². The average Bonchev–Trinajstić information content (AvgIpc) is 2.63. The number of pyridine rings is 1. The van der Waals surface area contributed by atoms with Crippen LogP contribution in [-0.2, 0) is 6.54 Å². The first-order valence-corrected chi connectivity index (χ1v) is 7.89. The van der Waals surface area contributed by atoms with Gasteiger partial charge in [0.2, 0.25) is 0 Å². The number of rotatable bonds is 4. The number of carbonyl (C=O) groups excluding carboxylic acids is 1. The van der Waals surface area contributed by atoms with Gasteiger partial charge in [-0.1, -0.05) is 41.9 Å². The second kappa shape index (κ2) is 7.62. The highest BCUT2D eigenvalue weighted by molar-refractivity contribution is 6.30. The number of hydrogen-bond acceptors (Lipinski definition) is 2. The Labute approximate surface area is 145 Å². The van der Waals surface area contributed by atoms with Crippen LogP contribution in [0.1, 0.15) is 5.56 Å². The van der Waals surface area contributed by atoms with Gasteiger partial charge >= 0.3 is 6.03 Å². The van der Waals surface area contributed by atoms with E-state index in [1.807, 2.05) is 42.6 Å². The Morgan fingerprint density at radius 3 is 2.54 bits per heavy atom. The van der Waals surface area contributed by atoms with E-state index in [1.54, 1.807) is 30.5 Å². The first-order valence-electron chi connectivity index (χ1n) is 7.51. The van der Waals surface area contributed by atoms with Crippen LogP contribution in [0.4, 0.5) is 10.5 Å². The van der Waals surface area contributed by atoms with E-state index in [-0.39, 0.29) is 6.03 Å².